The van der Waals surface area contributed by atoms with E-state index in [1.807, 2.05) is 6.92 Å². The van der Waals surface area contributed by atoms with Crippen LogP contribution in [-0.2, 0) is 14.4 Å². The van der Waals surface area contributed by atoms with Crippen LogP contribution >= 0.6 is 0 Å². The lowest BCUT2D eigenvalue weighted by Gasteiger charge is -2.29. The first-order valence-electron chi connectivity index (χ1n) is 9.49. The molecule has 2 atom stereocenters. The molecule has 1 saturated carbocycles. The highest BCUT2D eigenvalue weighted by molar-refractivity contribution is 5.97. The molecule has 1 aliphatic heterocycles. The molecule has 1 aromatic rings. The Labute approximate surface area is 158 Å². The van der Waals surface area contributed by atoms with Crippen molar-refractivity contribution in [2.45, 2.75) is 51.5 Å². The number of H-pyrrole nitrogens is 1. The standard InChI is InChI=1S/C18H27N5O4/c1-2-3-4-13(10-22(27)12-24)17(26)23-11-18(6-7-18)9-14(23)16(25)20-15-5-8-19-21-15/h5,8,12-14,27H,2-4,6-7,9-11H2,1H3,(H2,19,20,21,25). The number of hydrogen-bond donors (Lipinski definition) is 3. The van der Waals surface area contributed by atoms with Gasteiger partial charge in [0.2, 0.25) is 18.2 Å². The zero-order valence-electron chi connectivity index (χ0n) is 15.6. The summed E-state index contributed by atoms with van der Waals surface area (Å²) in [6, 6.07) is 1.11. The molecule has 148 valence electrons. The van der Waals surface area contributed by atoms with Crippen molar-refractivity contribution in [1.29, 1.82) is 0 Å². The summed E-state index contributed by atoms with van der Waals surface area (Å²) in [6.45, 7) is 2.52. The molecule has 9 heteroatoms. The number of hydroxylamine groups is 2. The normalized spacial score (nSPS) is 21.1. The van der Waals surface area contributed by atoms with Gasteiger partial charge in [0.1, 0.15) is 11.9 Å². The predicted octanol–water partition coefficient (Wildman–Crippen LogP) is 1.38. The summed E-state index contributed by atoms with van der Waals surface area (Å²) in [5.41, 5.74) is 0.0462. The maximum atomic E-state index is 13.2. The Morgan fingerprint density at radius 2 is 2.33 bits per heavy atom. The number of unbranched alkanes of at least 4 members (excludes halogenated alkanes) is 1. The molecule has 27 heavy (non-hydrogen) atoms. The highest BCUT2D eigenvalue weighted by Gasteiger charge is 2.55. The molecule has 0 radical (unpaired) electrons. The highest BCUT2D eigenvalue weighted by atomic mass is 16.5. The Balaban J connectivity index is 1.74. The van der Waals surface area contributed by atoms with Gasteiger partial charge < -0.3 is 10.2 Å². The fourth-order valence-electron chi connectivity index (χ4n) is 3.85. The average molecular weight is 377 g/mol. The summed E-state index contributed by atoms with van der Waals surface area (Å²) in [6.07, 6.45) is 6.83. The van der Waals surface area contributed by atoms with Crippen LogP contribution in [0.25, 0.3) is 0 Å². The topological polar surface area (TPSA) is 119 Å². The molecule has 9 nitrogen and oxygen atoms in total. The molecule has 3 rings (SSSR count). The predicted molar refractivity (Wildman–Crippen MR) is 96.6 cm³/mol. The van der Waals surface area contributed by atoms with E-state index < -0.39 is 12.0 Å². The summed E-state index contributed by atoms with van der Waals surface area (Å²) in [5.74, 6) is -0.426. The Morgan fingerprint density at radius 1 is 1.56 bits per heavy atom. The number of hydrogen-bond acceptors (Lipinski definition) is 5. The fourth-order valence-corrected chi connectivity index (χ4v) is 3.85. The average Bonchev–Trinajstić information content (AvgIpc) is 3.05. The minimum atomic E-state index is -0.546. The summed E-state index contributed by atoms with van der Waals surface area (Å²) in [5, 5.41) is 19.4. The second-order valence-electron chi connectivity index (χ2n) is 7.71. The molecule has 3 N–H and O–H groups in total. The third-order valence-electron chi connectivity index (χ3n) is 5.59. The second kappa shape index (κ2) is 8.08. The molecule has 3 amide bonds. The summed E-state index contributed by atoms with van der Waals surface area (Å²) >= 11 is 0. The molecule has 1 spiro atoms. The van der Waals surface area contributed by atoms with Crippen molar-refractivity contribution in [3.63, 3.8) is 0 Å². The maximum Gasteiger partial charge on any atom is 0.248 e. The Hall–Kier alpha value is -2.42. The minimum absolute atomic E-state index is 0.0462. The minimum Gasteiger partial charge on any atom is -0.330 e. The summed E-state index contributed by atoms with van der Waals surface area (Å²) < 4.78 is 0. The van der Waals surface area contributed by atoms with Crippen molar-refractivity contribution in [2.24, 2.45) is 11.3 Å². The first-order chi connectivity index (χ1) is 13.0. The van der Waals surface area contributed by atoms with Gasteiger partial charge in [0.25, 0.3) is 0 Å². The zero-order valence-corrected chi connectivity index (χ0v) is 15.6. The number of carbonyl (C=O) groups excluding carboxylic acids is 3. The SMILES string of the molecule is CCCCC(CN(O)C=O)C(=O)N1CC2(CC2)CC1C(=O)Nc1ccn[nH]1. The smallest absolute Gasteiger partial charge is 0.248 e. The van der Waals surface area contributed by atoms with Crippen LogP contribution in [-0.4, -0.2) is 62.7 Å². The molecule has 1 aliphatic carbocycles. The van der Waals surface area contributed by atoms with E-state index in [1.54, 1.807) is 17.2 Å². The van der Waals surface area contributed by atoms with Crippen molar-refractivity contribution in [1.82, 2.24) is 20.2 Å². The van der Waals surface area contributed by atoms with E-state index in [1.165, 1.54) is 0 Å². The summed E-state index contributed by atoms with van der Waals surface area (Å²) in [7, 11) is 0. The van der Waals surface area contributed by atoms with Crippen molar-refractivity contribution in [3.05, 3.63) is 12.3 Å². The number of likely N-dealkylation sites (tertiary alicyclic amines) is 1. The van der Waals surface area contributed by atoms with Gasteiger partial charge in [-0.1, -0.05) is 19.8 Å². The van der Waals surface area contributed by atoms with Gasteiger partial charge in [0.05, 0.1) is 18.7 Å². The number of nitrogens with one attached hydrogen (secondary N) is 2. The van der Waals surface area contributed by atoms with Gasteiger partial charge in [0, 0.05) is 12.6 Å². The van der Waals surface area contributed by atoms with Gasteiger partial charge in [-0.05, 0) is 31.1 Å². The van der Waals surface area contributed by atoms with Crippen LogP contribution in [0.3, 0.4) is 0 Å². The van der Waals surface area contributed by atoms with Gasteiger partial charge in [-0.25, -0.2) is 5.06 Å². The number of nitrogens with zero attached hydrogens (tertiary/aromatic N) is 3. The van der Waals surface area contributed by atoms with Crippen molar-refractivity contribution in [2.75, 3.05) is 18.4 Å². The number of carbonyl (C=O) groups is 3. The molecule has 2 fully saturated rings. The van der Waals surface area contributed by atoms with Crippen molar-refractivity contribution >= 4 is 24.0 Å². The molecular weight excluding hydrogens is 350 g/mol. The third-order valence-corrected chi connectivity index (χ3v) is 5.59. The highest BCUT2D eigenvalue weighted by Crippen LogP contribution is 2.55. The van der Waals surface area contributed by atoms with Crippen molar-refractivity contribution < 1.29 is 19.6 Å². The van der Waals surface area contributed by atoms with Gasteiger partial charge in [-0.2, -0.15) is 5.10 Å². The van der Waals surface area contributed by atoms with E-state index in [0.717, 1.165) is 25.7 Å². The number of anilines is 1. The number of rotatable bonds is 9. The molecule has 1 saturated heterocycles. The molecule has 2 aliphatic rings. The van der Waals surface area contributed by atoms with Gasteiger partial charge >= 0.3 is 0 Å². The second-order valence-corrected chi connectivity index (χ2v) is 7.71. The van der Waals surface area contributed by atoms with E-state index in [0.29, 0.717) is 36.7 Å². The zero-order chi connectivity index (χ0) is 19.4. The lowest BCUT2D eigenvalue weighted by atomic mass is 9.99. The molecule has 1 aromatic heterocycles. The largest absolute Gasteiger partial charge is 0.330 e. The van der Waals surface area contributed by atoms with E-state index in [-0.39, 0.29) is 23.8 Å². The van der Waals surface area contributed by atoms with Gasteiger partial charge in [-0.15, -0.1) is 0 Å². The number of aromatic amines is 1. The number of amides is 3. The van der Waals surface area contributed by atoms with E-state index in [2.05, 4.69) is 15.5 Å². The van der Waals surface area contributed by atoms with E-state index >= 15 is 0 Å². The third kappa shape index (κ3) is 4.47. The Bertz CT molecular complexity index is 673. The van der Waals surface area contributed by atoms with Crippen LogP contribution in [0.2, 0.25) is 0 Å². The quantitative estimate of drug-likeness (QED) is 0.341. The fraction of sp³-hybridized carbons (Fsp3) is 0.667. The monoisotopic (exact) mass is 377 g/mol. The molecule has 2 heterocycles. The Kier molecular flexibility index (Phi) is 5.79. The first-order valence-corrected chi connectivity index (χ1v) is 9.49. The molecule has 0 bridgehead atoms. The molecule has 2 unspecified atom stereocenters. The molecular formula is C18H27N5O4. The van der Waals surface area contributed by atoms with E-state index in [4.69, 9.17) is 0 Å². The van der Waals surface area contributed by atoms with Crippen LogP contribution in [0, 0.1) is 11.3 Å². The lowest BCUT2D eigenvalue weighted by Crippen LogP contribution is -2.47. The first kappa shape index (κ1) is 19.3. The Morgan fingerprint density at radius 3 is 2.93 bits per heavy atom. The van der Waals surface area contributed by atoms with Gasteiger partial charge in [-0.3, -0.25) is 24.7 Å². The summed E-state index contributed by atoms with van der Waals surface area (Å²) in [4.78, 5) is 38.4. The van der Waals surface area contributed by atoms with Crippen LogP contribution in [0.1, 0.15) is 45.4 Å². The van der Waals surface area contributed by atoms with Crippen molar-refractivity contribution in [3.8, 4) is 0 Å². The van der Waals surface area contributed by atoms with Crippen LogP contribution in [0.15, 0.2) is 12.3 Å². The lowest BCUT2D eigenvalue weighted by molar-refractivity contribution is -0.157. The van der Waals surface area contributed by atoms with Crippen LogP contribution in [0.5, 0.6) is 0 Å². The van der Waals surface area contributed by atoms with Crippen LogP contribution in [0.4, 0.5) is 5.82 Å². The van der Waals surface area contributed by atoms with Crippen LogP contribution < -0.4 is 5.32 Å². The number of aromatic nitrogens is 2. The van der Waals surface area contributed by atoms with Gasteiger partial charge in [0.15, 0.2) is 0 Å². The maximum absolute atomic E-state index is 13.2. The molecule has 0 aromatic carbocycles. The van der Waals surface area contributed by atoms with E-state index in [9.17, 15) is 19.6 Å².